The summed E-state index contributed by atoms with van der Waals surface area (Å²) in [5.74, 6) is 0.0839. The summed E-state index contributed by atoms with van der Waals surface area (Å²) in [6, 6.07) is 7.69. The van der Waals surface area contributed by atoms with Gasteiger partial charge in [0.2, 0.25) is 0 Å². The fourth-order valence-electron chi connectivity index (χ4n) is 1.82. The summed E-state index contributed by atoms with van der Waals surface area (Å²) in [6.07, 6.45) is 0. The summed E-state index contributed by atoms with van der Waals surface area (Å²) in [7, 11) is 0. The zero-order chi connectivity index (χ0) is 14.7. The van der Waals surface area contributed by atoms with Crippen LogP contribution in [0.15, 0.2) is 39.5 Å². The highest BCUT2D eigenvalue weighted by Gasteiger charge is 2.11. The van der Waals surface area contributed by atoms with E-state index in [1.807, 2.05) is 45.0 Å². The standard InChI is InChI=1S/C14H16N4OS/c1-8-4-5-12(11(6-8)13(15)18-19)20-14-16-9(2)7-10(3)17-14/h4-7,19H,1-3H3,(H2,15,18). The molecule has 0 unspecified atom stereocenters. The Morgan fingerprint density at radius 2 is 1.80 bits per heavy atom. The van der Waals surface area contributed by atoms with Crippen molar-refractivity contribution in [2.75, 3.05) is 0 Å². The molecule has 6 heteroatoms. The number of nitrogens with two attached hydrogens (primary N) is 1. The number of oxime groups is 1. The van der Waals surface area contributed by atoms with Crippen LogP contribution in [0.25, 0.3) is 0 Å². The van der Waals surface area contributed by atoms with E-state index in [-0.39, 0.29) is 5.84 Å². The Bertz CT molecular complexity index is 650. The Hall–Kier alpha value is -2.08. The zero-order valence-corrected chi connectivity index (χ0v) is 12.4. The van der Waals surface area contributed by atoms with Crippen LogP contribution >= 0.6 is 11.8 Å². The Labute approximate surface area is 121 Å². The molecule has 0 saturated heterocycles. The number of rotatable bonds is 3. The summed E-state index contributed by atoms with van der Waals surface area (Å²) >= 11 is 1.40. The van der Waals surface area contributed by atoms with Gasteiger partial charge in [-0.2, -0.15) is 0 Å². The van der Waals surface area contributed by atoms with Gasteiger partial charge in [-0.15, -0.1) is 0 Å². The van der Waals surface area contributed by atoms with Crippen molar-refractivity contribution in [3.8, 4) is 0 Å². The van der Waals surface area contributed by atoms with Crippen LogP contribution < -0.4 is 5.73 Å². The van der Waals surface area contributed by atoms with E-state index in [9.17, 15) is 0 Å². The normalized spacial score (nSPS) is 11.7. The van der Waals surface area contributed by atoms with Crippen molar-refractivity contribution in [2.24, 2.45) is 10.9 Å². The highest BCUT2D eigenvalue weighted by Crippen LogP contribution is 2.29. The Kier molecular flexibility index (Phi) is 4.24. The highest BCUT2D eigenvalue weighted by atomic mass is 32.2. The third kappa shape index (κ3) is 3.27. The number of hydrogen-bond acceptors (Lipinski definition) is 5. The van der Waals surface area contributed by atoms with Crippen molar-refractivity contribution in [1.29, 1.82) is 0 Å². The van der Waals surface area contributed by atoms with Crippen molar-refractivity contribution in [1.82, 2.24) is 9.97 Å². The quantitative estimate of drug-likeness (QED) is 0.298. The van der Waals surface area contributed by atoms with Crippen LogP contribution in [-0.2, 0) is 0 Å². The van der Waals surface area contributed by atoms with Gasteiger partial charge < -0.3 is 10.9 Å². The van der Waals surface area contributed by atoms with Crippen LogP contribution in [0.1, 0.15) is 22.5 Å². The number of hydrogen-bond donors (Lipinski definition) is 2. The molecule has 0 fully saturated rings. The lowest BCUT2D eigenvalue weighted by Gasteiger charge is -2.09. The van der Waals surface area contributed by atoms with Gasteiger partial charge >= 0.3 is 0 Å². The van der Waals surface area contributed by atoms with Gasteiger partial charge in [-0.25, -0.2) is 9.97 Å². The Morgan fingerprint density at radius 3 is 2.40 bits per heavy atom. The number of amidine groups is 1. The van der Waals surface area contributed by atoms with Crippen molar-refractivity contribution < 1.29 is 5.21 Å². The molecule has 2 aromatic rings. The maximum Gasteiger partial charge on any atom is 0.192 e. The van der Waals surface area contributed by atoms with E-state index in [4.69, 9.17) is 10.9 Å². The summed E-state index contributed by atoms with van der Waals surface area (Å²) in [5.41, 5.74) is 9.27. The third-order valence-electron chi connectivity index (χ3n) is 2.68. The van der Waals surface area contributed by atoms with Crippen LogP contribution in [0.2, 0.25) is 0 Å². The fourth-order valence-corrected chi connectivity index (χ4v) is 2.81. The molecule has 0 bridgehead atoms. The molecular weight excluding hydrogens is 272 g/mol. The summed E-state index contributed by atoms with van der Waals surface area (Å²) < 4.78 is 0. The molecule has 3 N–H and O–H groups in total. The van der Waals surface area contributed by atoms with Gasteiger partial charge in [-0.3, -0.25) is 0 Å². The van der Waals surface area contributed by atoms with Gasteiger partial charge in [0.05, 0.1) is 0 Å². The number of benzene rings is 1. The van der Waals surface area contributed by atoms with Crippen LogP contribution in [0, 0.1) is 20.8 Å². The first-order valence-corrected chi connectivity index (χ1v) is 6.90. The molecule has 1 aromatic heterocycles. The molecule has 5 nitrogen and oxygen atoms in total. The number of nitrogens with zero attached hydrogens (tertiary/aromatic N) is 3. The molecule has 0 aliphatic rings. The summed E-state index contributed by atoms with van der Waals surface area (Å²) in [6.45, 7) is 5.81. The average molecular weight is 288 g/mol. The molecule has 1 aromatic carbocycles. The molecule has 0 aliphatic heterocycles. The minimum absolute atomic E-state index is 0.0839. The number of aromatic nitrogens is 2. The van der Waals surface area contributed by atoms with E-state index in [1.165, 1.54) is 11.8 Å². The van der Waals surface area contributed by atoms with Gasteiger partial charge in [0.1, 0.15) is 0 Å². The van der Waals surface area contributed by atoms with Crippen molar-refractivity contribution >= 4 is 17.6 Å². The smallest absolute Gasteiger partial charge is 0.192 e. The predicted octanol–water partition coefficient (Wildman–Crippen LogP) is 2.65. The van der Waals surface area contributed by atoms with Crippen LogP contribution in [0.4, 0.5) is 0 Å². The molecule has 0 atom stereocenters. The zero-order valence-electron chi connectivity index (χ0n) is 11.6. The molecule has 0 aliphatic carbocycles. The molecule has 20 heavy (non-hydrogen) atoms. The lowest BCUT2D eigenvalue weighted by atomic mass is 10.1. The van der Waals surface area contributed by atoms with E-state index in [2.05, 4.69) is 15.1 Å². The molecular formula is C14H16N4OS. The van der Waals surface area contributed by atoms with E-state index >= 15 is 0 Å². The first-order chi connectivity index (χ1) is 9.49. The molecule has 0 saturated carbocycles. The van der Waals surface area contributed by atoms with Crippen LogP contribution in [0.3, 0.4) is 0 Å². The maximum absolute atomic E-state index is 8.88. The molecule has 0 radical (unpaired) electrons. The van der Waals surface area contributed by atoms with Gasteiger partial charge in [0.25, 0.3) is 0 Å². The van der Waals surface area contributed by atoms with Crippen LogP contribution in [-0.4, -0.2) is 21.0 Å². The summed E-state index contributed by atoms with van der Waals surface area (Å²) in [5, 5.41) is 12.6. The predicted molar refractivity (Wildman–Crippen MR) is 79.3 cm³/mol. The van der Waals surface area contributed by atoms with E-state index < -0.39 is 0 Å². The molecule has 1 heterocycles. The average Bonchev–Trinajstić information content (AvgIpc) is 2.38. The second kappa shape index (κ2) is 5.92. The van der Waals surface area contributed by atoms with Gasteiger partial charge in [0, 0.05) is 21.8 Å². The maximum atomic E-state index is 8.88. The molecule has 104 valence electrons. The Balaban J connectivity index is 2.43. The lowest BCUT2D eigenvalue weighted by molar-refractivity contribution is 0.318. The first-order valence-electron chi connectivity index (χ1n) is 6.08. The SMILES string of the molecule is Cc1ccc(Sc2nc(C)cc(C)n2)c(/C(N)=N/O)c1. The van der Waals surface area contributed by atoms with Crippen LogP contribution in [0.5, 0.6) is 0 Å². The van der Waals surface area contributed by atoms with E-state index in [0.717, 1.165) is 21.8 Å². The second-order valence-corrected chi connectivity index (χ2v) is 5.53. The minimum Gasteiger partial charge on any atom is -0.409 e. The van der Waals surface area contributed by atoms with Gasteiger partial charge in [-0.05, 0) is 50.7 Å². The Morgan fingerprint density at radius 1 is 1.15 bits per heavy atom. The molecule has 0 spiro atoms. The lowest BCUT2D eigenvalue weighted by Crippen LogP contribution is -2.14. The largest absolute Gasteiger partial charge is 0.409 e. The van der Waals surface area contributed by atoms with E-state index in [0.29, 0.717) is 10.7 Å². The topological polar surface area (TPSA) is 84.4 Å². The van der Waals surface area contributed by atoms with Crippen molar-refractivity contribution in [3.63, 3.8) is 0 Å². The van der Waals surface area contributed by atoms with Crippen molar-refractivity contribution in [3.05, 3.63) is 46.8 Å². The van der Waals surface area contributed by atoms with Gasteiger partial charge in [-0.1, -0.05) is 16.8 Å². The minimum atomic E-state index is 0.0839. The first kappa shape index (κ1) is 14.3. The van der Waals surface area contributed by atoms with E-state index in [1.54, 1.807) is 0 Å². The fraction of sp³-hybridized carbons (Fsp3) is 0.214. The molecule has 0 amide bonds. The second-order valence-electron chi connectivity index (χ2n) is 4.52. The third-order valence-corrected chi connectivity index (χ3v) is 3.62. The molecule has 2 rings (SSSR count). The van der Waals surface area contributed by atoms with Crippen molar-refractivity contribution in [2.45, 2.75) is 30.8 Å². The summed E-state index contributed by atoms with van der Waals surface area (Å²) in [4.78, 5) is 9.63. The highest BCUT2D eigenvalue weighted by molar-refractivity contribution is 7.99. The number of aryl methyl sites for hydroxylation is 3. The van der Waals surface area contributed by atoms with Gasteiger partial charge in [0.15, 0.2) is 11.0 Å². The monoisotopic (exact) mass is 288 g/mol.